The molecule has 0 spiro atoms. The Kier molecular flexibility index (Phi) is 5.59. The third kappa shape index (κ3) is 4.19. The molecule has 0 saturated heterocycles. The van der Waals surface area contributed by atoms with Gasteiger partial charge in [-0.2, -0.15) is 0 Å². The first kappa shape index (κ1) is 15.8. The molecule has 1 aromatic heterocycles. The Bertz CT molecular complexity index is 519. The highest BCUT2D eigenvalue weighted by atomic mass is 16.3. The highest BCUT2D eigenvalue weighted by Crippen LogP contribution is 2.22. The zero-order chi connectivity index (χ0) is 15.2. The highest BCUT2D eigenvalue weighted by molar-refractivity contribution is 5.27. The third-order valence-corrected chi connectivity index (χ3v) is 4.11. The van der Waals surface area contributed by atoms with E-state index < -0.39 is 6.10 Å². The normalized spacial score (nSPS) is 15.6. The summed E-state index contributed by atoms with van der Waals surface area (Å²) in [6, 6.07) is 12.0. The molecule has 0 fully saturated rings. The number of hydrogen-bond donors (Lipinski definition) is 2. The highest BCUT2D eigenvalue weighted by Gasteiger charge is 2.16. The lowest BCUT2D eigenvalue weighted by Crippen LogP contribution is -2.31. The van der Waals surface area contributed by atoms with Gasteiger partial charge in [0, 0.05) is 6.04 Å². The lowest BCUT2D eigenvalue weighted by Gasteiger charge is -2.21. The molecule has 0 radical (unpaired) electrons. The Labute approximate surface area is 127 Å². The molecule has 0 saturated carbocycles. The van der Waals surface area contributed by atoms with Crippen LogP contribution in [0.3, 0.4) is 0 Å². The molecule has 3 nitrogen and oxygen atoms in total. The summed E-state index contributed by atoms with van der Waals surface area (Å²) in [6.45, 7) is 7.01. The number of aliphatic hydroxyl groups excluding tert-OH is 1. The third-order valence-electron chi connectivity index (χ3n) is 4.11. The van der Waals surface area contributed by atoms with E-state index in [0.717, 1.165) is 17.7 Å². The zero-order valence-electron chi connectivity index (χ0n) is 13.0. The summed E-state index contributed by atoms with van der Waals surface area (Å²) in [5, 5.41) is 13.7. The number of aliphatic hydroxyl groups is 1. The van der Waals surface area contributed by atoms with E-state index in [1.807, 2.05) is 31.2 Å². The first-order valence-corrected chi connectivity index (χ1v) is 7.65. The maximum Gasteiger partial charge on any atom is 0.117 e. The summed E-state index contributed by atoms with van der Waals surface area (Å²) in [5.74, 6) is 1.44. The Morgan fingerprint density at radius 1 is 1.10 bits per heavy atom. The van der Waals surface area contributed by atoms with Gasteiger partial charge in [-0.3, -0.25) is 0 Å². The quantitative estimate of drug-likeness (QED) is 0.809. The van der Waals surface area contributed by atoms with Crippen molar-refractivity contribution in [3.8, 4) is 0 Å². The number of rotatable bonds is 7. The van der Waals surface area contributed by atoms with E-state index in [2.05, 4.69) is 31.3 Å². The molecule has 3 heteroatoms. The van der Waals surface area contributed by atoms with E-state index in [4.69, 9.17) is 4.42 Å². The first-order valence-electron chi connectivity index (χ1n) is 7.65. The Morgan fingerprint density at radius 2 is 1.76 bits per heavy atom. The van der Waals surface area contributed by atoms with Crippen molar-refractivity contribution in [1.82, 2.24) is 5.32 Å². The summed E-state index contributed by atoms with van der Waals surface area (Å²) < 4.78 is 5.28. The second-order valence-electron chi connectivity index (χ2n) is 5.67. The van der Waals surface area contributed by atoms with Crippen LogP contribution in [0.4, 0.5) is 0 Å². The molecule has 1 heterocycles. The molecule has 114 valence electrons. The molecule has 21 heavy (non-hydrogen) atoms. The minimum absolute atomic E-state index is 0.0375. The molecule has 2 aromatic rings. The number of nitrogens with one attached hydrogen (secondary N) is 1. The first-order chi connectivity index (χ1) is 10.1. The molecule has 3 atom stereocenters. The van der Waals surface area contributed by atoms with Crippen molar-refractivity contribution in [3.63, 3.8) is 0 Å². The second-order valence-corrected chi connectivity index (χ2v) is 5.67. The monoisotopic (exact) mass is 287 g/mol. The molecule has 2 rings (SSSR count). The summed E-state index contributed by atoms with van der Waals surface area (Å²) in [7, 11) is 0. The molecular weight excluding hydrogens is 262 g/mol. The van der Waals surface area contributed by atoms with Crippen molar-refractivity contribution in [2.45, 2.75) is 51.8 Å². The zero-order valence-corrected chi connectivity index (χ0v) is 13.0. The van der Waals surface area contributed by atoms with E-state index in [1.165, 1.54) is 5.56 Å². The van der Waals surface area contributed by atoms with Crippen LogP contribution in [-0.4, -0.2) is 11.1 Å². The molecule has 0 bridgehead atoms. The fourth-order valence-electron chi connectivity index (χ4n) is 2.33. The van der Waals surface area contributed by atoms with Crippen LogP contribution in [0.2, 0.25) is 0 Å². The van der Waals surface area contributed by atoms with Gasteiger partial charge in [0.1, 0.15) is 5.76 Å². The average molecular weight is 287 g/mol. The van der Waals surface area contributed by atoms with E-state index in [1.54, 1.807) is 6.26 Å². The maximum atomic E-state index is 10.4. The van der Waals surface area contributed by atoms with Crippen LogP contribution in [0.1, 0.15) is 56.1 Å². The van der Waals surface area contributed by atoms with Crippen molar-refractivity contribution in [2.24, 2.45) is 0 Å². The second kappa shape index (κ2) is 7.43. The van der Waals surface area contributed by atoms with E-state index in [0.29, 0.717) is 12.5 Å². The van der Waals surface area contributed by atoms with Crippen LogP contribution in [0, 0.1) is 0 Å². The molecule has 3 unspecified atom stereocenters. The predicted octanol–water partition coefficient (Wildman–Crippen LogP) is 4.00. The molecule has 0 aliphatic heterocycles. The van der Waals surface area contributed by atoms with Gasteiger partial charge in [-0.25, -0.2) is 0 Å². The average Bonchev–Trinajstić information content (AvgIpc) is 3.04. The van der Waals surface area contributed by atoms with E-state index >= 15 is 0 Å². The maximum absolute atomic E-state index is 10.4. The van der Waals surface area contributed by atoms with Gasteiger partial charge >= 0.3 is 0 Å². The van der Waals surface area contributed by atoms with Gasteiger partial charge in [0.2, 0.25) is 0 Å². The molecular formula is C18H25NO2. The van der Waals surface area contributed by atoms with Gasteiger partial charge in [0.25, 0.3) is 0 Å². The Balaban J connectivity index is 1.93. The summed E-state index contributed by atoms with van der Waals surface area (Å²) >= 11 is 0. The molecule has 0 amide bonds. The Morgan fingerprint density at radius 3 is 2.33 bits per heavy atom. The smallest absolute Gasteiger partial charge is 0.117 e. The Hall–Kier alpha value is -1.58. The lowest BCUT2D eigenvalue weighted by molar-refractivity contribution is 0.134. The van der Waals surface area contributed by atoms with Gasteiger partial charge < -0.3 is 14.8 Å². The van der Waals surface area contributed by atoms with E-state index in [-0.39, 0.29) is 6.04 Å². The number of benzene rings is 1. The van der Waals surface area contributed by atoms with Gasteiger partial charge in [0.05, 0.1) is 18.9 Å². The van der Waals surface area contributed by atoms with Crippen LogP contribution in [0.15, 0.2) is 47.1 Å². The summed E-state index contributed by atoms with van der Waals surface area (Å²) in [6.07, 6.45) is 2.26. The van der Waals surface area contributed by atoms with Crippen molar-refractivity contribution in [3.05, 3.63) is 59.5 Å². The molecule has 2 N–H and O–H groups in total. The van der Waals surface area contributed by atoms with E-state index in [9.17, 15) is 5.11 Å². The van der Waals surface area contributed by atoms with Crippen molar-refractivity contribution < 1.29 is 9.52 Å². The summed E-state index contributed by atoms with van der Waals surface area (Å²) in [5.41, 5.74) is 2.27. The van der Waals surface area contributed by atoms with Crippen LogP contribution >= 0.6 is 0 Å². The fourth-order valence-corrected chi connectivity index (χ4v) is 2.33. The molecule has 0 aliphatic rings. The van der Waals surface area contributed by atoms with Gasteiger partial charge in [-0.05, 0) is 42.5 Å². The lowest BCUT2D eigenvalue weighted by atomic mass is 9.95. The van der Waals surface area contributed by atoms with Gasteiger partial charge in [-0.1, -0.05) is 38.1 Å². The van der Waals surface area contributed by atoms with Crippen LogP contribution in [0.25, 0.3) is 0 Å². The SMILES string of the molecule is CCC(C)c1ccc(C(O)C(C)NCc2ccco2)cc1. The van der Waals surface area contributed by atoms with Crippen LogP contribution < -0.4 is 5.32 Å². The largest absolute Gasteiger partial charge is 0.468 e. The van der Waals surface area contributed by atoms with Gasteiger partial charge in [0.15, 0.2) is 0 Å². The number of hydrogen-bond acceptors (Lipinski definition) is 3. The number of furan rings is 1. The summed E-state index contributed by atoms with van der Waals surface area (Å²) in [4.78, 5) is 0. The van der Waals surface area contributed by atoms with Crippen molar-refractivity contribution >= 4 is 0 Å². The van der Waals surface area contributed by atoms with Crippen LogP contribution in [0.5, 0.6) is 0 Å². The predicted molar refractivity (Wildman–Crippen MR) is 85.1 cm³/mol. The molecule has 0 aliphatic carbocycles. The van der Waals surface area contributed by atoms with Crippen molar-refractivity contribution in [2.75, 3.05) is 0 Å². The minimum atomic E-state index is -0.522. The fraction of sp³-hybridized carbons (Fsp3) is 0.444. The van der Waals surface area contributed by atoms with Crippen LogP contribution in [-0.2, 0) is 6.54 Å². The topological polar surface area (TPSA) is 45.4 Å². The van der Waals surface area contributed by atoms with Gasteiger partial charge in [-0.15, -0.1) is 0 Å². The minimum Gasteiger partial charge on any atom is -0.468 e. The standard InChI is InChI=1S/C18H25NO2/c1-4-13(2)15-7-9-16(10-8-15)18(20)14(3)19-12-17-6-5-11-21-17/h5-11,13-14,18-20H,4,12H2,1-3H3. The molecule has 1 aromatic carbocycles. The van der Waals surface area contributed by atoms with Crippen molar-refractivity contribution in [1.29, 1.82) is 0 Å².